The van der Waals surface area contributed by atoms with E-state index in [9.17, 15) is 9.18 Å². The van der Waals surface area contributed by atoms with Crippen LogP contribution in [0, 0.1) is 5.82 Å². The number of amides is 1. The van der Waals surface area contributed by atoms with Gasteiger partial charge in [-0.3, -0.25) is 4.79 Å². The van der Waals surface area contributed by atoms with Crippen molar-refractivity contribution in [1.82, 2.24) is 4.98 Å². The molecule has 0 aliphatic heterocycles. The zero-order valence-corrected chi connectivity index (χ0v) is 20.8. The Bertz CT molecular complexity index is 1740. The first-order valence-electron chi connectivity index (χ1n) is 11.6. The van der Waals surface area contributed by atoms with E-state index in [4.69, 9.17) is 4.98 Å². The van der Waals surface area contributed by atoms with Crippen LogP contribution in [0.5, 0.6) is 0 Å². The zero-order chi connectivity index (χ0) is 24.5. The SMILES string of the molecule is O=C(Cc1cccc2ccccc12)Nc1ccc2nc(SCc3ccc(F)c4ccccc34)sc2c1. The third-order valence-electron chi connectivity index (χ3n) is 6.20. The largest absolute Gasteiger partial charge is 0.326 e. The molecule has 0 saturated heterocycles. The van der Waals surface area contributed by atoms with Gasteiger partial charge in [0.2, 0.25) is 5.91 Å². The summed E-state index contributed by atoms with van der Waals surface area (Å²) in [6.07, 6.45) is 0.314. The number of thioether (sulfide) groups is 1. The van der Waals surface area contributed by atoms with Crippen molar-refractivity contribution in [2.75, 3.05) is 5.32 Å². The predicted octanol–water partition coefficient (Wildman–Crippen LogP) is 8.22. The lowest BCUT2D eigenvalue weighted by atomic mass is 10.0. The Kier molecular flexibility index (Phi) is 6.13. The minimum absolute atomic E-state index is 0.0481. The van der Waals surface area contributed by atoms with Crippen molar-refractivity contribution < 1.29 is 9.18 Å². The van der Waals surface area contributed by atoms with E-state index < -0.39 is 0 Å². The maximum absolute atomic E-state index is 14.1. The Balaban J connectivity index is 1.17. The number of thiazole rings is 1. The van der Waals surface area contributed by atoms with E-state index >= 15 is 0 Å². The molecule has 36 heavy (non-hydrogen) atoms. The van der Waals surface area contributed by atoms with Gasteiger partial charge in [0.1, 0.15) is 5.82 Å². The summed E-state index contributed by atoms with van der Waals surface area (Å²) >= 11 is 3.24. The Morgan fingerprint density at radius 1 is 0.833 bits per heavy atom. The second-order valence-electron chi connectivity index (χ2n) is 8.57. The van der Waals surface area contributed by atoms with Gasteiger partial charge >= 0.3 is 0 Å². The number of carbonyl (C=O) groups excluding carboxylic acids is 1. The number of nitrogens with zero attached hydrogens (tertiary/aromatic N) is 1. The quantitative estimate of drug-likeness (QED) is 0.231. The molecule has 0 atom stereocenters. The van der Waals surface area contributed by atoms with Crippen LogP contribution in [-0.4, -0.2) is 10.9 Å². The van der Waals surface area contributed by atoms with Crippen LogP contribution < -0.4 is 5.32 Å². The van der Waals surface area contributed by atoms with Gasteiger partial charge in [0, 0.05) is 16.8 Å². The zero-order valence-electron chi connectivity index (χ0n) is 19.2. The Morgan fingerprint density at radius 2 is 1.61 bits per heavy atom. The number of anilines is 1. The van der Waals surface area contributed by atoms with Crippen molar-refractivity contribution in [2.24, 2.45) is 0 Å². The molecule has 0 fully saturated rings. The van der Waals surface area contributed by atoms with Gasteiger partial charge in [0.15, 0.2) is 4.34 Å². The first kappa shape index (κ1) is 22.7. The minimum Gasteiger partial charge on any atom is -0.326 e. The number of nitrogens with one attached hydrogen (secondary N) is 1. The molecule has 6 heteroatoms. The van der Waals surface area contributed by atoms with Gasteiger partial charge in [0.05, 0.1) is 16.6 Å². The fourth-order valence-electron chi connectivity index (χ4n) is 4.46. The number of fused-ring (bicyclic) bond motifs is 3. The topological polar surface area (TPSA) is 42.0 Å². The van der Waals surface area contributed by atoms with Crippen molar-refractivity contribution in [3.05, 3.63) is 114 Å². The van der Waals surface area contributed by atoms with E-state index in [2.05, 4.69) is 23.5 Å². The van der Waals surface area contributed by atoms with Crippen LogP contribution in [0.2, 0.25) is 0 Å². The summed E-state index contributed by atoms with van der Waals surface area (Å²) in [6.45, 7) is 0. The molecule has 1 amide bonds. The van der Waals surface area contributed by atoms with Crippen LogP contribution >= 0.6 is 23.1 Å². The van der Waals surface area contributed by atoms with E-state index in [0.29, 0.717) is 17.6 Å². The molecule has 3 nitrogen and oxygen atoms in total. The third kappa shape index (κ3) is 4.57. The second-order valence-corrected chi connectivity index (χ2v) is 10.8. The highest BCUT2D eigenvalue weighted by Gasteiger charge is 2.11. The molecule has 5 aromatic carbocycles. The van der Waals surface area contributed by atoms with Crippen LogP contribution in [-0.2, 0) is 17.0 Å². The van der Waals surface area contributed by atoms with Crippen LogP contribution in [0.1, 0.15) is 11.1 Å². The molecule has 1 aromatic heterocycles. The average Bonchev–Trinajstić information content (AvgIpc) is 3.31. The van der Waals surface area contributed by atoms with Crippen LogP contribution in [0.3, 0.4) is 0 Å². The molecule has 1 N–H and O–H groups in total. The normalized spacial score (nSPS) is 11.4. The molecule has 0 unspecified atom stereocenters. The standard InChI is InChI=1S/C30H21FN2OS2/c31-26-14-12-21(24-10-3-4-11-25(24)26)18-35-30-33-27-15-13-22(17-28(27)36-30)32-29(34)16-20-8-5-7-19-6-1-2-9-23(19)20/h1-15,17H,16,18H2,(H,32,34). The molecule has 0 saturated carbocycles. The molecule has 0 radical (unpaired) electrons. The second kappa shape index (κ2) is 9.72. The summed E-state index contributed by atoms with van der Waals surface area (Å²) in [5, 5.41) is 6.85. The molecule has 176 valence electrons. The number of hydrogen-bond acceptors (Lipinski definition) is 4. The van der Waals surface area contributed by atoms with E-state index in [1.807, 2.05) is 72.8 Å². The lowest BCUT2D eigenvalue weighted by Crippen LogP contribution is -2.14. The summed E-state index contributed by atoms with van der Waals surface area (Å²) in [5.41, 5.74) is 3.75. The van der Waals surface area contributed by atoms with Gasteiger partial charge in [0.25, 0.3) is 0 Å². The number of carbonyl (C=O) groups is 1. The smallest absolute Gasteiger partial charge is 0.228 e. The van der Waals surface area contributed by atoms with Crippen molar-refractivity contribution in [2.45, 2.75) is 16.5 Å². The van der Waals surface area contributed by atoms with Gasteiger partial charge in [-0.15, -0.1) is 11.3 Å². The number of hydrogen-bond donors (Lipinski definition) is 1. The number of rotatable bonds is 6. The van der Waals surface area contributed by atoms with Crippen LogP contribution in [0.15, 0.2) is 101 Å². The van der Waals surface area contributed by atoms with Crippen LogP contribution in [0.25, 0.3) is 31.8 Å². The highest BCUT2D eigenvalue weighted by atomic mass is 32.2. The first-order valence-corrected chi connectivity index (χ1v) is 13.4. The Hall–Kier alpha value is -3.74. The fraction of sp³-hybridized carbons (Fsp3) is 0.0667. The van der Waals surface area contributed by atoms with Crippen molar-refractivity contribution in [1.29, 1.82) is 0 Å². The van der Waals surface area contributed by atoms with Gasteiger partial charge in [-0.1, -0.05) is 84.6 Å². The highest BCUT2D eigenvalue weighted by molar-refractivity contribution is 8.00. The van der Waals surface area contributed by atoms with Gasteiger partial charge < -0.3 is 5.32 Å². The fourth-order valence-corrected chi connectivity index (χ4v) is 6.57. The van der Waals surface area contributed by atoms with Crippen LogP contribution in [0.4, 0.5) is 10.1 Å². The van der Waals surface area contributed by atoms with Gasteiger partial charge in [-0.05, 0) is 51.6 Å². The Morgan fingerprint density at radius 3 is 2.50 bits per heavy atom. The van der Waals surface area contributed by atoms with E-state index in [1.165, 1.54) is 6.07 Å². The van der Waals surface area contributed by atoms with Crippen molar-refractivity contribution >= 4 is 66.5 Å². The summed E-state index contributed by atoms with van der Waals surface area (Å²) in [6, 6.07) is 30.9. The van der Waals surface area contributed by atoms with Gasteiger partial charge in [-0.25, -0.2) is 9.37 Å². The van der Waals surface area contributed by atoms with Gasteiger partial charge in [-0.2, -0.15) is 0 Å². The number of benzene rings is 5. The van der Waals surface area contributed by atoms with Crippen molar-refractivity contribution in [3.8, 4) is 0 Å². The monoisotopic (exact) mass is 508 g/mol. The molecule has 1 heterocycles. The predicted molar refractivity (Wildman–Crippen MR) is 149 cm³/mol. The maximum atomic E-state index is 14.1. The van der Waals surface area contributed by atoms with Crippen molar-refractivity contribution in [3.63, 3.8) is 0 Å². The maximum Gasteiger partial charge on any atom is 0.228 e. The lowest BCUT2D eigenvalue weighted by Gasteiger charge is -2.08. The average molecular weight is 509 g/mol. The van der Waals surface area contributed by atoms with E-state index in [0.717, 1.165) is 47.5 Å². The highest BCUT2D eigenvalue weighted by Crippen LogP contribution is 2.34. The van der Waals surface area contributed by atoms with E-state index in [1.54, 1.807) is 23.1 Å². The molecule has 0 bridgehead atoms. The molecular weight excluding hydrogens is 487 g/mol. The molecule has 6 rings (SSSR count). The molecular formula is C30H21FN2OS2. The van der Waals surface area contributed by atoms with E-state index in [-0.39, 0.29) is 11.7 Å². The molecule has 6 aromatic rings. The number of halogens is 1. The summed E-state index contributed by atoms with van der Waals surface area (Å²) in [5.74, 6) is 0.456. The third-order valence-corrected chi connectivity index (χ3v) is 8.41. The summed E-state index contributed by atoms with van der Waals surface area (Å²) in [7, 11) is 0. The number of aromatic nitrogens is 1. The summed E-state index contributed by atoms with van der Waals surface area (Å²) in [4.78, 5) is 17.5. The first-order chi connectivity index (χ1) is 17.6. The molecule has 0 spiro atoms. The molecule has 0 aliphatic rings. The summed E-state index contributed by atoms with van der Waals surface area (Å²) < 4.78 is 16.1. The molecule has 0 aliphatic carbocycles. The lowest BCUT2D eigenvalue weighted by molar-refractivity contribution is -0.115. The minimum atomic E-state index is -0.200. The Labute approximate surface area is 216 Å².